The van der Waals surface area contributed by atoms with E-state index in [9.17, 15) is 13.5 Å². The molecule has 4 nitrogen and oxygen atoms in total. The van der Waals surface area contributed by atoms with E-state index < -0.39 is 16.1 Å². The van der Waals surface area contributed by atoms with Crippen LogP contribution in [0.25, 0.3) is 0 Å². The molecular formula is C15H17NO3S. The molecule has 0 spiro atoms. The molecule has 2 rings (SSSR count). The predicted molar refractivity (Wildman–Crippen MR) is 78.9 cm³/mol. The first-order valence-corrected chi connectivity index (χ1v) is 7.87. The first-order chi connectivity index (χ1) is 9.53. The van der Waals surface area contributed by atoms with E-state index in [1.165, 1.54) is 12.1 Å². The van der Waals surface area contributed by atoms with E-state index in [1.807, 2.05) is 6.92 Å². The lowest BCUT2D eigenvalue weighted by atomic mass is 10.1. The summed E-state index contributed by atoms with van der Waals surface area (Å²) in [6.07, 6.45) is -0.00861. The fraction of sp³-hybridized carbons (Fsp3) is 0.200. The molecule has 0 aromatic heterocycles. The van der Waals surface area contributed by atoms with Gasteiger partial charge in [0.1, 0.15) is 0 Å². The van der Waals surface area contributed by atoms with Gasteiger partial charge in [0.15, 0.2) is 0 Å². The van der Waals surface area contributed by atoms with Crippen LogP contribution in [0.5, 0.6) is 0 Å². The second-order valence-corrected chi connectivity index (χ2v) is 6.15. The molecule has 0 aliphatic rings. The number of hydrogen-bond acceptors (Lipinski definition) is 3. The molecule has 5 heteroatoms. The third-order valence-corrected chi connectivity index (χ3v) is 4.36. The normalized spacial score (nSPS) is 12.9. The van der Waals surface area contributed by atoms with Crippen molar-refractivity contribution < 1.29 is 13.5 Å². The molecule has 0 saturated heterocycles. The first-order valence-electron chi connectivity index (χ1n) is 6.39. The van der Waals surface area contributed by atoms with Gasteiger partial charge in [-0.25, -0.2) is 8.42 Å². The van der Waals surface area contributed by atoms with Gasteiger partial charge in [0.2, 0.25) is 0 Å². The zero-order chi connectivity index (χ0) is 14.6. The molecular weight excluding hydrogens is 274 g/mol. The maximum absolute atomic E-state index is 12.2. The average molecular weight is 291 g/mol. The topological polar surface area (TPSA) is 66.4 Å². The molecule has 1 atom stereocenters. The minimum absolute atomic E-state index is 0.210. The van der Waals surface area contributed by atoms with Crippen LogP contribution in [0, 0.1) is 0 Å². The zero-order valence-electron chi connectivity index (χ0n) is 11.2. The van der Waals surface area contributed by atoms with Crippen molar-refractivity contribution in [3.63, 3.8) is 0 Å². The van der Waals surface area contributed by atoms with E-state index in [0.29, 0.717) is 17.7 Å². The highest BCUT2D eigenvalue weighted by molar-refractivity contribution is 7.92. The van der Waals surface area contributed by atoms with Crippen LogP contribution in [0.15, 0.2) is 59.5 Å². The third-order valence-electron chi connectivity index (χ3n) is 2.96. The lowest BCUT2D eigenvalue weighted by molar-refractivity contribution is 0.174. The molecule has 0 saturated carbocycles. The van der Waals surface area contributed by atoms with Crippen molar-refractivity contribution in [1.82, 2.24) is 0 Å². The van der Waals surface area contributed by atoms with Gasteiger partial charge in [-0.1, -0.05) is 37.3 Å². The van der Waals surface area contributed by atoms with Crippen LogP contribution in [0.3, 0.4) is 0 Å². The Morgan fingerprint density at radius 1 is 1.10 bits per heavy atom. The van der Waals surface area contributed by atoms with Gasteiger partial charge in [-0.05, 0) is 36.2 Å². The van der Waals surface area contributed by atoms with Crippen LogP contribution in [-0.2, 0) is 10.0 Å². The van der Waals surface area contributed by atoms with Crippen LogP contribution in [0.4, 0.5) is 5.69 Å². The standard InChI is InChI=1S/C15H17NO3S/c1-2-15(17)12-7-6-8-13(11-12)16-20(18,19)14-9-4-3-5-10-14/h3-11,15-17H,2H2,1H3. The van der Waals surface area contributed by atoms with E-state index in [-0.39, 0.29) is 4.90 Å². The van der Waals surface area contributed by atoms with E-state index in [4.69, 9.17) is 0 Å². The largest absolute Gasteiger partial charge is 0.388 e. The number of benzene rings is 2. The Balaban J connectivity index is 2.26. The summed E-state index contributed by atoms with van der Waals surface area (Å²) < 4.78 is 26.9. The second kappa shape index (κ2) is 6.07. The highest BCUT2D eigenvalue weighted by Crippen LogP contribution is 2.22. The summed E-state index contributed by atoms with van der Waals surface area (Å²) in [5.74, 6) is 0. The molecule has 0 radical (unpaired) electrons. The number of hydrogen-bond donors (Lipinski definition) is 2. The Bertz CT molecular complexity index is 669. The van der Waals surface area contributed by atoms with Crippen LogP contribution in [0.2, 0.25) is 0 Å². The minimum Gasteiger partial charge on any atom is -0.388 e. The molecule has 0 aliphatic carbocycles. The molecule has 106 valence electrons. The van der Waals surface area contributed by atoms with E-state index >= 15 is 0 Å². The Morgan fingerprint density at radius 2 is 1.80 bits per heavy atom. The first kappa shape index (κ1) is 14.6. The van der Waals surface area contributed by atoms with Crippen molar-refractivity contribution in [2.45, 2.75) is 24.3 Å². The molecule has 2 aromatic rings. The molecule has 2 N–H and O–H groups in total. The van der Waals surface area contributed by atoms with Gasteiger partial charge in [-0.2, -0.15) is 0 Å². The van der Waals surface area contributed by atoms with Gasteiger partial charge in [0.25, 0.3) is 10.0 Å². The Hall–Kier alpha value is -1.85. The van der Waals surface area contributed by atoms with Crippen molar-refractivity contribution in [3.05, 3.63) is 60.2 Å². The average Bonchev–Trinajstić information content (AvgIpc) is 2.47. The van der Waals surface area contributed by atoms with E-state index in [1.54, 1.807) is 42.5 Å². The Labute approximate surface area is 119 Å². The van der Waals surface area contributed by atoms with Gasteiger partial charge in [-0.3, -0.25) is 4.72 Å². The van der Waals surface area contributed by atoms with Gasteiger partial charge in [0, 0.05) is 5.69 Å². The van der Waals surface area contributed by atoms with Crippen LogP contribution in [-0.4, -0.2) is 13.5 Å². The number of sulfonamides is 1. The smallest absolute Gasteiger partial charge is 0.261 e. The molecule has 1 unspecified atom stereocenters. The van der Waals surface area contributed by atoms with E-state index in [2.05, 4.69) is 4.72 Å². The molecule has 20 heavy (non-hydrogen) atoms. The second-order valence-electron chi connectivity index (χ2n) is 4.47. The summed E-state index contributed by atoms with van der Waals surface area (Å²) in [5, 5.41) is 9.79. The summed E-state index contributed by atoms with van der Waals surface area (Å²) in [5.41, 5.74) is 1.14. The quantitative estimate of drug-likeness (QED) is 0.890. The highest BCUT2D eigenvalue weighted by atomic mass is 32.2. The molecule has 2 aromatic carbocycles. The van der Waals surface area contributed by atoms with Gasteiger partial charge in [0.05, 0.1) is 11.0 Å². The van der Waals surface area contributed by atoms with Gasteiger partial charge < -0.3 is 5.11 Å². The summed E-state index contributed by atoms with van der Waals surface area (Å²) in [6, 6.07) is 15.0. The van der Waals surface area contributed by atoms with E-state index in [0.717, 1.165) is 0 Å². The number of aliphatic hydroxyl groups is 1. The summed E-state index contributed by atoms with van der Waals surface area (Å²) >= 11 is 0. The van der Waals surface area contributed by atoms with Crippen molar-refractivity contribution in [2.24, 2.45) is 0 Å². The SMILES string of the molecule is CCC(O)c1cccc(NS(=O)(=O)c2ccccc2)c1. The molecule has 0 fully saturated rings. The zero-order valence-corrected chi connectivity index (χ0v) is 12.0. The molecule has 0 amide bonds. The maximum atomic E-state index is 12.2. The minimum atomic E-state index is -3.59. The monoisotopic (exact) mass is 291 g/mol. The van der Waals surface area contributed by atoms with Crippen molar-refractivity contribution >= 4 is 15.7 Å². The summed E-state index contributed by atoms with van der Waals surface area (Å²) in [6.45, 7) is 1.87. The van der Waals surface area contributed by atoms with Crippen LogP contribution < -0.4 is 4.72 Å². The van der Waals surface area contributed by atoms with Gasteiger partial charge >= 0.3 is 0 Å². The van der Waals surface area contributed by atoms with Crippen LogP contribution in [0.1, 0.15) is 25.0 Å². The maximum Gasteiger partial charge on any atom is 0.261 e. The number of anilines is 1. The van der Waals surface area contributed by atoms with Crippen molar-refractivity contribution in [1.29, 1.82) is 0 Å². The van der Waals surface area contributed by atoms with Crippen LogP contribution >= 0.6 is 0 Å². The third kappa shape index (κ3) is 3.37. The highest BCUT2D eigenvalue weighted by Gasteiger charge is 2.14. The lowest BCUT2D eigenvalue weighted by Crippen LogP contribution is -2.13. The van der Waals surface area contributed by atoms with Crippen molar-refractivity contribution in [3.8, 4) is 0 Å². The molecule has 0 heterocycles. The number of aliphatic hydroxyl groups excluding tert-OH is 1. The summed E-state index contributed by atoms with van der Waals surface area (Å²) in [7, 11) is -3.59. The fourth-order valence-corrected chi connectivity index (χ4v) is 2.93. The lowest BCUT2D eigenvalue weighted by Gasteiger charge is -2.12. The fourth-order valence-electron chi connectivity index (χ4n) is 1.86. The summed E-state index contributed by atoms with van der Waals surface area (Å²) in [4.78, 5) is 0.210. The molecule has 0 bridgehead atoms. The number of nitrogens with one attached hydrogen (secondary N) is 1. The number of rotatable bonds is 5. The van der Waals surface area contributed by atoms with Gasteiger partial charge in [-0.15, -0.1) is 0 Å². The Kier molecular flexibility index (Phi) is 4.42. The molecule has 0 aliphatic heterocycles. The Morgan fingerprint density at radius 3 is 2.45 bits per heavy atom. The van der Waals surface area contributed by atoms with Crippen molar-refractivity contribution in [2.75, 3.05) is 4.72 Å². The predicted octanol–water partition coefficient (Wildman–Crippen LogP) is 2.93.